The maximum atomic E-state index is 5.44. The van der Waals surface area contributed by atoms with Crippen LogP contribution in [0.25, 0.3) is 113 Å². The second-order valence-electron chi connectivity index (χ2n) is 19.9. The Bertz CT molecular complexity index is 4170. The van der Waals surface area contributed by atoms with Crippen molar-refractivity contribution in [3.05, 3.63) is 264 Å². The van der Waals surface area contributed by atoms with Gasteiger partial charge in [-0.05, 0) is 81.9 Å². The van der Waals surface area contributed by atoms with Gasteiger partial charge in [0.05, 0.1) is 44.8 Å². The average molecular weight is 975 g/mol. The molecule has 13 aromatic rings. The highest BCUT2D eigenvalue weighted by Crippen LogP contribution is 2.57. The van der Waals surface area contributed by atoms with Crippen LogP contribution in [0.4, 0.5) is 0 Å². The van der Waals surface area contributed by atoms with Gasteiger partial charge in [-0.3, -0.25) is 0 Å². The third kappa shape index (κ3) is 6.98. The highest BCUT2D eigenvalue weighted by Gasteiger charge is 2.41. The van der Waals surface area contributed by atoms with Crippen molar-refractivity contribution < 1.29 is 0 Å². The van der Waals surface area contributed by atoms with Gasteiger partial charge in [0.1, 0.15) is 11.6 Å². The van der Waals surface area contributed by atoms with E-state index in [2.05, 4.69) is 229 Å². The summed E-state index contributed by atoms with van der Waals surface area (Å²) in [6, 6.07) is 81.3. The molecule has 3 aliphatic rings. The van der Waals surface area contributed by atoms with Gasteiger partial charge >= 0.3 is 0 Å². The summed E-state index contributed by atoms with van der Waals surface area (Å²) in [6.45, 7) is 0. The molecular weight excluding hydrogens is 929 g/mol. The number of rotatable bonds is 8. The van der Waals surface area contributed by atoms with Gasteiger partial charge in [0.2, 0.25) is 0 Å². The molecule has 4 aromatic heterocycles. The summed E-state index contributed by atoms with van der Waals surface area (Å²) in [5, 5.41) is 0. The van der Waals surface area contributed by atoms with Crippen molar-refractivity contribution in [3.63, 3.8) is 0 Å². The zero-order chi connectivity index (χ0) is 50.4. The van der Waals surface area contributed by atoms with E-state index in [0.29, 0.717) is 11.6 Å². The molecule has 358 valence electrons. The van der Waals surface area contributed by atoms with Gasteiger partial charge in [0.15, 0.2) is 11.6 Å². The Labute approximate surface area is 439 Å². The Kier molecular flexibility index (Phi) is 9.97. The predicted molar refractivity (Wildman–Crippen MR) is 304 cm³/mol. The van der Waals surface area contributed by atoms with Gasteiger partial charge in [0.25, 0.3) is 0 Å². The normalized spacial score (nSPS) is 14.2. The Morgan fingerprint density at radius 3 is 1.07 bits per heavy atom. The highest BCUT2D eigenvalue weighted by atomic mass is 15.1. The van der Waals surface area contributed by atoms with Crippen LogP contribution >= 0.6 is 0 Å². The van der Waals surface area contributed by atoms with Crippen LogP contribution < -0.4 is 0 Å². The first-order chi connectivity index (χ1) is 37.5. The van der Waals surface area contributed by atoms with Crippen molar-refractivity contribution in [2.75, 3.05) is 0 Å². The lowest BCUT2D eigenvalue weighted by atomic mass is 9.61. The standard InChI is InChI=1S/C68H46N8/c1-75-61-31-17-15-29-55(61)73-67(75)51-27-13-9-23-45(51)59-39-57(41-19-5-3-6-20-41)69-65(71-59)43-33-35-49-53(37-43)63-47-25-11-12-26-48(47)64(49)54-38-44(34-36-50(54)63)66-70-58(42-21-7-4-8-22-42)40-60(72-66)46-24-10-14-28-52(46)68-74-56-30-16-18-32-62(56)76(68)2/h3-40,63-64H,1-2H3. The van der Waals surface area contributed by atoms with Crippen LogP contribution in [-0.2, 0) is 14.1 Å². The number of benzene rings is 9. The van der Waals surface area contributed by atoms with E-state index in [9.17, 15) is 0 Å². The van der Waals surface area contributed by atoms with Gasteiger partial charge in [0, 0.05) is 70.4 Å². The second kappa shape index (κ2) is 17.4. The number of hydrogen-bond donors (Lipinski definition) is 0. The fourth-order valence-corrected chi connectivity index (χ4v) is 12.0. The molecular formula is C68H46N8. The molecule has 0 fully saturated rings. The van der Waals surface area contributed by atoms with E-state index < -0.39 is 0 Å². The average Bonchev–Trinajstić information content (AvgIpc) is 4.16. The van der Waals surface area contributed by atoms with Gasteiger partial charge in [-0.1, -0.05) is 182 Å². The maximum Gasteiger partial charge on any atom is 0.160 e. The molecule has 0 amide bonds. The van der Waals surface area contributed by atoms with Gasteiger partial charge in [-0.2, -0.15) is 0 Å². The SMILES string of the molecule is Cn1c(-c2ccccc2-c2cc(-c3ccccc3)nc(-c3ccc4c(c3)C3c5ccccc5C4c4cc(-c5nc(-c6ccccc6)cc(-c6ccccc6-c6nc7ccccc7n6C)n5)ccc43)n2)nc2ccccc21. The number of aryl methyl sites for hydroxylation is 2. The Morgan fingerprint density at radius 1 is 0.276 bits per heavy atom. The van der Waals surface area contributed by atoms with E-state index >= 15 is 0 Å². The molecule has 0 saturated carbocycles. The van der Waals surface area contributed by atoms with Crippen LogP contribution in [0.1, 0.15) is 45.2 Å². The third-order valence-electron chi connectivity index (χ3n) is 15.6. The first-order valence-corrected chi connectivity index (χ1v) is 25.8. The number of nitrogens with zero attached hydrogens (tertiary/aromatic N) is 8. The molecule has 0 radical (unpaired) electrons. The number of para-hydroxylation sites is 4. The molecule has 0 aliphatic heterocycles. The lowest BCUT2D eigenvalue weighted by Gasteiger charge is -2.42. The van der Waals surface area contributed by atoms with Crippen molar-refractivity contribution in [3.8, 4) is 90.6 Å². The molecule has 8 nitrogen and oxygen atoms in total. The largest absolute Gasteiger partial charge is 0.327 e. The van der Waals surface area contributed by atoms with Crippen LogP contribution in [0, 0.1) is 0 Å². The molecule has 0 N–H and O–H groups in total. The number of imidazole rings is 2. The number of fused-ring (bicyclic) bond motifs is 2. The lowest BCUT2D eigenvalue weighted by molar-refractivity contribution is 0.754. The van der Waals surface area contributed by atoms with Crippen LogP contribution in [0.3, 0.4) is 0 Å². The zero-order valence-corrected chi connectivity index (χ0v) is 41.7. The minimum Gasteiger partial charge on any atom is -0.327 e. The summed E-state index contributed by atoms with van der Waals surface area (Å²) in [5.41, 5.74) is 23.3. The van der Waals surface area contributed by atoms with Gasteiger partial charge in [-0.25, -0.2) is 29.9 Å². The van der Waals surface area contributed by atoms with E-state index in [-0.39, 0.29) is 11.8 Å². The van der Waals surface area contributed by atoms with Crippen molar-refractivity contribution >= 4 is 22.1 Å². The summed E-state index contributed by atoms with van der Waals surface area (Å²) in [7, 11) is 4.17. The second-order valence-corrected chi connectivity index (χ2v) is 19.9. The predicted octanol–water partition coefficient (Wildman–Crippen LogP) is 15.4. The van der Waals surface area contributed by atoms with E-state index in [4.69, 9.17) is 29.9 Å². The first kappa shape index (κ1) is 43.6. The molecule has 9 aromatic carbocycles. The van der Waals surface area contributed by atoms with E-state index in [1.165, 1.54) is 33.4 Å². The first-order valence-electron chi connectivity index (χ1n) is 25.8. The van der Waals surface area contributed by atoms with E-state index in [0.717, 1.165) is 101 Å². The van der Waals surface area contributed by atoms with Crippen LogP contribution in [0.5, 0.6) is 0 Å². The molecule has 2 bridgehead atoms. The highest BCUT2D eigenvalue weighted by molar-refractivity contribution is 5.89. The molecule has 8 heteroatoms. The monoisotopic (exact) mass is 974 g/mol. The molecule has 2 atom stereocenters. The van der Waals surface area contributed by atoms with Crippen molar-refractivity contribution in [1.82, 2.24) is 39.0 Å². The molecule has 2 unspecified atom stereocenters. The lowest BCUT2D eigenvalue weighted by Crippen LogP contribution is -2.27. The molecule has 3 aliphatic carbocycles. The Balaban J connectivity index is 0.858. The summed E-state index contributed by atoms with van der Waals surface area (Å²) in [6.07, 6.45) is 0. The molecule has 0 saturated heterocycles. The summed E-state index contributed by atoms with van der Waals surface area (Å²) >= 11 is 0. The van der Waals surface area contributed by atoms with E-state index in [1.54, 1.807) is 0 Å². The van der Waals surface area contributed by atoms with Crippen molar-refractivity contribution in [2.24, 2.45) is 14.1 Å². The smallest absolute Gasteiger partial charge is 0.160 e. The molecule has 16 rings (SSSR count). The summed E-state index contributed by atoms with van der Waals surface area (Å²) in [4.78, 5) is 31.8. The Hall–Kier alpha value is -9.92. The topological polar surface area (TPSA) is 87.2 Å². The van der Waals surface area contributed by atoms with Gasteiger partial charge < -0.3 is 9.13 Å². The minimum absolute atomic E-state index is 0.00237. The van der Waals surface area contributed by atoms with Crippen LogP contribution in [-0.4, -0.2) is 39.0 Å². The van der Waals surface area contributed by atoms with E-state index in [1.807, 2.05) is 24.3 Å². The molecule has 4 heterocycles. The maximum absolute atomic E-state index is 5.44. The number of aromatic nitrogens is 8. The van der Waals surface area contributed by atoms with Gasteiger partial charge in [-0.15, -0.1) is 0 Å². The minimum atomic E-state index is 0.00237. The summed E-state index contributed by atoms with van der Waals surface area (Å²) in [5.74, 6) is 3.13. The fourth-order valence-electron chi connectivity index (χ4n) is 12.0. The number of hydrogen-bond acceptors (Lipinski definition) is 6. The molecule has 0 spiro atoms. The van der Waals surface area contributed by atoms with Crippen LogP contribution in [0.2, 0.25) is 0 Å². The summed E-state index contributed by atoms with van der Waals surface area (Å²) < 4.78 is 4.34. The Morgan fingerprint density at radius 2 is 0.632 bits per heavy atom. The molecule has 76 heavy (non-hydrogen) atoms. The third-order valence-corrected chi connectivity index (χ3v) is 15.6. The van der Waals surface area contributed by atoms with Crippen LogP contribution in [0.15, 0.2) is 231 Å². The van der Waals surface area contributed by atoms with Crippen molar-refractivity contribution in [1.29, 1.82) is 0 Å². The quantitative estimate of drug-likeness (QED) is 0.151. The fraction of sp³-hybridized carbons (Fsp3) is 0.0588. The van der Waals surface area contributed by atoms with Crippen molar-refractivity contribution in [2.45, 2.75) is 11.8 Å². The zero-order valence-electron chi connectivity index (χ0n) is 41.7.